The van der Waals surface area contributed by atoms with Crippen molar-refractivity contribution in [1.82, 2.24) is 9.80 Å². The molecule has 2 bridgehead atoms. The maximum Gasteiger partial charge on any atom is 0.225 e. The quantitative estimate of drug-likeness (QED) is 0.799. The summed E-state index contributed by atoms with van der Waals surface area (Å²) in [5, 5.41) is 0. The van der Waals surface area contributed by atoms with Gasteiger partial charge in [0.05, 0.1) is 0 Å². The molecule has 158 valence electrons. The summed E-state index contributed by atoms with van der Waals surface area (Å²) in [6.07, 6.45) is 6.90. The summed E-state index contributed by atoms with van der Waals surface area (Å²) in [7, 11) is 0. The number of hydrogen-bond donors (Lipinski definition) is 1. The van der Waals surface area contributed by atoms with Crippen molar-refractivity contribution in [3.8, 4) is 0 Å². The van der Waals surface area contributed by atoms with Crippen molar-refractivity contribution in [3.63, 3.8) is 0 Å². The van der Waals surface area contributed by atoms with Crippen LogP contribution in [0.25, 0.3) is 0 Å². The van der Waals surface area contributed by atoms with Crippen LogP contribution in [0.4, 0.5) is 0 Å². The van der Waals surface area contributed by atoms with Crippen LogP contribution >= 0.6 is 24.8 Å². The first kappa shape index (κ1) is 23.5. The highest BCUT2D eigenvalue weighted by atomic mass is 35.5. The second-order valence-corrected chi connectivity index (χ2v) is 8.64. The molecule has 2 aliphatic carbocycles. The minimum atomic E-state index is 0. The van der Waals surface area contributed by atoms with E-state index in [4.69, 9.17) is 5.73 Å². The van der Waals surface area contributed by atoms with E-state index in [1.807, 2.05) is 0 Å². The maximum absolute atomic E-state index is 13.2. The number of nitrogens with zero attached hydrogens (tertiary/aromatic N) is 2. The van der Waals surface area contributed by atoms with Crippen molar-refractivity contribution >= 4 is 30.7 Å². The molecule has 1 aliphatic heterocycles. The number of carbonyl (C=O) groups is 1. The maximum atomic E-state index is 13.2. The fourth-order valence-corrected chi connectivity index (χ4v) is 5.44. The van der Waals surface area contributed by atoms with Gasteiger partial charge in [0.2, 0.25) is 5.91 Å². The summed E-state index contributed by atoms with van der Waals surface area (Å²) in [4.78, 5) is 17.8. The Morgan fingerprint density at radius 2 is 1.61 bits per heavy atom. The molecule has 3 aliphatic rings. The van der Waals surface area contributed by atoms with Gasteiger partial charge in [-0.05, 0) is 49.5 Å². The summed E-state index contributed by atoms with van der Waals surface area (Å²) < 4.78 is 0. The summed E-state index contributed by atoms with van der Waals surface area (Å²) in [6.45, 7) is 4.86. The third-order valence-electron chi connectivity index (χ3n) is 6.91. The van der Waals surface area contributed by atoms with Crippen molar-refractivity contribution in [2.75, 3.05) is 26.2 Å². The average molecular weight is 428 g/mol. The van der Waals surface area contributed by atoms with Crippen LogP contribution in [0.3, 0.4) is 0 Å². The lowest BCUT2D eigenvalue weighted by molar-refractivity contribution is -0.138. The van der Waals surface area contributed by atoms with Crippen molar-refractivity contribution in [3.05, 3.63) is 35.9 Å². The molecule has 4 nitrogen and oxygen atoms in total. The zero-order valence-corrected chi connectivity index (χ0v) is 18.3. The highest BCUT2D eigenvalue weighted by Crippen LogP contribution is 2.42. The van der Waals surface area contributed by atoms with Gasteiger partial charge in [0.25, 0.3) is 0 Å². The number of rotatable bonds is 3. The van der Waals surface area contributed by atoms with Crippen LogP contribution in [0.5, 0.6) is 0 Å². The molecular weight excluding hydrogens is 393 g/mol. The lowest BCUT2D eigenvalue weighted by Crippen LogP contribution is -2.50. The topological polar surface area (TPSA) is 49.6 Å². The van der Waals surface area contributed by atoms with E-state index in [0.717, 1.165) is 52.0 Å². The Morgan fingerprint density at radius 1 is 0.929 bits per heavy atom. The lowest BCUT2D eigenvalue weighted by atomic mass is 9.65. The average Bonchev–Trinajstić information content (AvgIpc) is 2.87. The molecule has 1 saturated heterocycles. The Kier molecular flexibility index (Phi) is 9.07. The van der Waals surface area contributed by atoms with Gasteiger partial charge in [-0.25, -0.2) is 0 Å². The van der Waals surface area contributed by atoms with Crippen LogP contribution in [0.15, 0.2) is 30.3 Å². The van der Waals surface area contributed by atoms with Gasteiger partial charge in [-0.2, -0.15) is 0 Å². The number of amides is 1. The monoisotopic (exact) mass is 427 g/mol. The predicted molar refractivity (Wildman–Crippen MR) is 119 cm³/mol. The second kappa shape index (κ2) is 10.8. The lowest BCUT2D eigenvalue weighted by Gasteiger charge is -2.44. The van der Waals surface area contributed by atoms with E-state index in [-0.39, 0.29) is 30.7 Å². The van der Waals surface area contributed by atoms with E-state index in [1.165, 1.54) is 24.8 Å². The molecule has 1 aromatic carbocycles. The Labute approximate surface area is 182 Å². The predicted octanol–water partition coefficient (Wildman–Crippen LogP) is 3.72. The van der Waals surface area contributed by atoms with Crippen molar-refractivity contribution in [1.29, 1.82) is 0 Å². The number of nitrogens with two attached hydrogens (primary N) is 1. The minimum absolute atomic E-state index is 0. The van der Waals surface area contributed by atoms with Crippen LogP contribution in [-0.4, -0.2) is 47.9 Å². The molecule has 0 radical (unpaired) electrons. The summed E-state index contributed by atoms with van der Waals surface area (Å²) in [5.41, 5.74) is 7.77. The molecule has 6 heteroatoms. The molecule has 3 fully saturated rings. The third kappa shape index (κ3) is 5.41. The molecule has 0 spiro atoms. The molecule has 2 saturated carbocycles. The highest BCUT2D eigenvalue weighted by Gasteiger charge is 2.41. The van der Waals surface area contributed by atoms with E-state index in [2.05, 4.69) is 40.1 Å². The smallest absolute Gasteiger partial charge is 0.225 e. The van der Waals surface area contributed by atoms with Crippen molar-refractivity contribution < 1.29 is 4.79 Å². The van der Waals surface area contributed by atoms with Gasteiger partial charge >= 0.3 is 0 Å². The fourth-order valence-electron chi connectivity index (χ4n) is 5.44. The van der Waals surface area contributed by atoms with Crippen LogP contribution in [0.1, 0.15) is 44.1 Å². The molecule has 4 rings (SSSR count). The van der Waals surface area contributed by atoms with Crippen LogP contribution in [-0.2, 0) is 11.3 Å². The van der Waals surface area contributed by atoms with Crippen LogP contribution in [0.2, 0.25) is 0 Å². The Bertz CT molecular complexity index is 601. The van der Waals surface area contributed by atoms with Gasteiger partial charge in [-0.15, -0.1) is 24.8 Å². The first-order valence-electron chi connectivity index (χ1n) is 10.5. The first-order chi connectivity index (χ1) is 12.7. The van der Waals surface area contributed by atoms with Gasteiger partial charge in [-0.3, -0.25) is 9.69 Å². The summed E-state index contributed by atoms with van der Waals surface area (Å²) in [5.74, 6) is 1.80. The van der Waals surface area contributed by atoms with E-state index in [0.29, 0.717) is 23.8 Å². The summed E-state index contributed by atoms with van der Waals surface area (Å²) >= 11 is 0. The molecule has 2 unspecified atom stereocenters. The van der Waals surface area contributed by atoms with Crippen LogP contribution < -0.4 is 5.73 Å². The van der Waals surface area contributed by atoms with Crippen molar-refractivity contribution in [2.45, 2.75) is 51.1 Å². The standard InChI is InChI=1S/C22H33N3O.2ClH/c23-21-18-8-4-9-19(21)15-20(14-18)22(26)25-11-5-10-24(12-13-25)16-17-6-2-1-3-7-17;;/h1-3,6-7,18-21H,4-5,8-16,23H2;2*1H. The number of carbonyl (C=O) groups excluding carboxylic acids is 1. The normalized spacial score (nSPS) is 30.5. The number of hydrogen-bond acceptors (Lipinski definition) is 3. The van der Waals surface area contributed by atoms with E-state index >= 15 is 0 Å². The van der Waals surface area contributed by atoms with Gasteiger partial charge in [-0.1, -0.05) is 36.8 Å². The fraction of sp³-hybridized carbons (Fsp3) is 0.682. The third-order valence-corrected chi connectivity index (χ3v) is 6.91. The Morgan fingerprint density at radius 3 is 2.29 bits per heavy atom. The van der Waals surface area contributed by atoms with Gasteiger partial charge < -0.3 is 10.6 Å². The van der Waals surface area contributed by atoms with E-state index in [1.54, 1.807) is 0 Å². The highest BCUT2D eigenvalue weighted by molar-refractivity contribution is 5.85. The summed E-state index contributed by atoms with van der Waals surface area (Å²) in [6, 6.07) is 11.0. The molecule has 0 aromatic heterocycles. The van der Waals surface area contributed by atoms with Gasteiger partial charge in [0, 0.05) is 44.7 Å². The van der Waals surface area contributed by atoms with E-state index < -0.39 is 0 Å². The molecule has 1 aromatic rings. The second-order valence-electron chi connectivity index (χ2n) is 8.64. The first-order valence-corrected chi connectivity index (χ1v) is 10.5. The molecule has 28 heavy (non-hydrogen) atoms. The number of benzene rings is 1. The zero-order valence-electron chi connectivity index (χ0n) is 16.7. The van der Waals surface area contributed by atoms with Crippen LogP contribution in [0, 0.1) is 17.8 Å². The largest absolute Gasteiger partial charge is 0.341 e. The molecule has 2 N–H and O–H groups in total. The molecule has 1 amide bonds. The number of fused-ring (bicyclic) bond motifs is 2. The Hall–Kier alpha value is -0.810. The molecule has 1 heterocycles. The SMILES string of the molecule is Cl.Cl.NC1C2CCCC1CC(C(=O)N1CCCN(Cc3ccccc3)CC1)C2. The molecule has 2 atom stereocenters. The molecular formula is C22H35Cl2N3O. The van der Waals surface area contributed by atoms with Gasteiger partial charge in [0.15, 0.2) is 0 Å². The van der Waals surface area contributed by atoms with Crippen molar-refractivity contribution in [2.24, 2.45) is 23.5 Å². The van der Waals surface area contributed by atoms with E-state index in [9.17, 15) is 4.79 Å². The minimum Gasteiger partial charge on any atom is -0.341 e. The zero-order chi connectivity index (χ0) is 17.9. The van der Waals surface area contributed by atoms with Gasteiger partial charge in [0.1, 0.15) is 0 Å². The Balaban J connectivity index is 0.00000140. The number of halogens is 2.